The molecule has 0 unspecified atom stereocenters. The Morgan fingerprint density at radius 3 is 2.78 bits per heavy atom. The predicted octanol–water partition coefficient (Wildman–Crippen LogP) is 2.81. The Morgan fingerprint density at radius 2 is 2.09 bits per heavy atom. The van der Waals surface area contributed by atoms with Gasteiger partial charge in [-0.15, -0.1) is 0 Å². The Bertz CT molecular complexity index is 720. The summed E-state index contributed by atoms with van der Waals surface area (Å²) in [6.45, 7) is 4.07. The van der Waals surface area contributed by atoms with Crippen molar-refractivity contribution in [3.8, 4) is 0 Å². The van der Waals surface area contributed by atoms with Gasteiger partial charge in [0.1, 0.15) is 6.33 Å². The summed E-state index contributed by atoms with van der Waals surface area (Å²) in [6.07, 6.45) is 5.16. The van der Waals surface area contributed by atoms with E-state index in [1.54, 1.807) is 13.4 Å². The Morgan fingerprint density at radius 1 is 1.26 bits per heavy atom. The van der Waals surface area contributed by atoms with E-state index in [1.807, 2.05) is 9.25 Å². The molecular formula is C17H22N4OS. The molecule has 23 heavy (non-hydrogen) atoms. The third kappa shape index (κ3) is 3.96. The molecule has 1 aromatic carbocycles. The molecule has 0 atom stereocenters. The standard InChI is InChI=1S/C17H22N4OS/c1-22-12-11-20-13-18-21(17(20)23)14-19-9-7-16(8-10-19)15-5-3-2-4-6-15/h2-7,13H,8-12,14H2,1H3. The van der Waals surface area contributed by atoms with Crippen molar-refractivity contribution in [3.63, 3.8) is 0 Å². The Labute approximate surface area is 141 Å². The number of hydrogen-bond donors (Lipinski definition) is 0. The third-order valence-corrected chi connectivity index (χ3v) is 4.55. The second-order valence-electron chi connectivity index (χ2n) is 5.66. The van der Waals surface area contributed by atoms with Crippen LogP contribution in [-0.2, 0) is 18.0 Å². The molecule has 0 radical (unpaired) electrons. The summed E-state index contributed by atoms with van der Waals surface area (Å²) in [4.78, 5) is 2.36. The highest BCUT2D eigenvalue weighted by molar-refractivity contribution is 7.71. The number of nitrogens with zero attached hydrogens (tertiary/aromatic N) is 4. The van der Waals surface area contributed by atoms with E-state index in [-0.39, 0.29) is 0 Å². The van der Waals surface area contributed by atoms with Crippen LogP contribution in [0, 0.1) is 4.77 Å². The molecule has 1 aliphatic heterocycles. The van der Waals surface area contributed by atoms with E-state index in [0.29, 0.717) is 6.61 Å². The van der Waals surface area contributed by atoms with Crippen LogP contribution in [0.2, 0.25) is 0 Å². The molecule has 0 fully saturated rings. The van der Waals surface area contributed by atoms with E-state index < -0.39 is 0 Å². The first kappa shape index (κ1) is 16.1. The summed E-state index contributed by atoms with van der Waals surface area (Å²) in [5, 5.41) is 4.40. The van der Waals surface area contributed by atoms with Crippen molar-refractivity contribution in [1.29, 1.82) is 0 Å². The van der Waals surface area contributed by atoms with Gasteiger partial charge in [-0.1, -0.05) is 36.4 Å². The molecule has 2 aromatic rings. The highest BCUT2D eigenvalue weighted by atomic mass is 32.1. The zero-order valence-corrected chi connectivity index (χ0v) is 14.2. The van der Waals surface area contributed by atoms with E-state index in [2.05, 4.69) is 46.4 Å². The zero-order chi connectivity index (χ0) is 16.1. The van der Waals surface area contributed by atoms with Gasteiger partial charge in [0.15, 0.2) is 4.77 Å². The molecular weight excluding hydrogens is 308 g/mol. The van der Waals surface area contributed by atoms with Gasteiger partial charge >= 0.3 is 0 Å². The largest absolute Gasteiger partial charge is 0.383 e. The van der Waals surface area contributed by atoms with Crippen LogP contribution >= 0.6 is 12.2 Å². The Balaban J connectivity index is 1.62. The average Bonchev–Trinajstić information content (AvgIpc) is 2.94. The summed E-state index contributed by atoms with van der Waals surface area (Å²) in [5.74, 6) is 0. The number of benzene rings is 1. The smallest absolute Gasteiger partial charge is 0.198 e. The van der Waals surface area contributed by atoms with Crippen molar-refractivity contribution in [2.75, 3.05) is 26.8 Å². The van der Waals surface area contributed by atoms with E-state index in [0.717, 1.165) is 37.5 Å². The quantitative estimate of drug-likeness (QED) is 0.763. The van der Waals surface area contributed by atoms with Crippen molar-refractivity contribution in [2.45, 2.75) is 19.6 Å². The van der Waals surface area contributed by atoms with E-state index >= 15 is 0 Å². The topological polar surface area (TPSA) is 35.2 Å². The maximum Gasteiger partial charge on any atom is 0.198 e. The molecule has 3 rings (SSSR count). The molecule has 5 nitrogen and oxygen atoms in total. The Kier molecular flexibility index (Phi) is 5.38. The fraction of sp³-hybridized carbons (Fsp3) is 0.412. The summed E-state index contributed by atoms with van der Waals surface area (Å²) in [5.41, 5.74) is 2.75. The van der Waals surface area contributed by atoms with Crippen LogP contribution < -0.4 is 0 Å². The maximum absolute atomic E-state index is 5.47. The van der Waals surface area contributed by atoms with Gasteiger partial charge in [-0.2, -0.15) is 5.10 Å². The van der Waals surface area contributed by atoms with E-state index in [1.165, 1.54) is 11.1 Å². The van der Waals surface area contributed by atoms with Crippen molar-refractivity contribution in [3.05, 3.63) is 53.1 Å². The molecule has 0 spiro atoms. The SMILES string of the molecule is COCCn1cnn(CN2CC=C(c3ccccc3)CC2)c1=S. The first-order chi connectivity index (χ1) is 11.3. The molecule has 122 valence electrons. The van der Waals surface area contributed by atoms with Crippen molar-refractivity contribution in [2.24, 2.45) is 0 Å². The third-order valence-electron chi connectivity index (χ3n) is 4.11. The minimum Gasteiger partial charge on any atom is -0.383 e. The second-order valence-corrected chi connectivity index (χ2v) is 6.03. The van der Waals surface area contributed by atoms with Gasteiger partial charge in [-0.05, 0) is 29.8 Å². The maximum atomic E-state index is 5.47. The van der Waals surface area contributed by atoms with Crippen molar-refractivity contribution < 1.29 is 4.74 Å². The fourth-order valence-corrected chi connectivity index (χ4v) is 3.00. The van der Waals surface area contributed by atoms with Gasteiger partial charge in [0.25, 0.3) is 0 Å². The molecule has 0 amide bonds. The summed E-state index contributed by atoms with van der Waals surface area (Å²) >= 11 is 5.47. The van der Waals surface area contributed by atoms with Crippen LogP contribution in [0.4, 0.5) is 0 Å². The van der Waals surface area contributed by atoms with Gasteiger partial charge in [0.05, 0.1) is 13.3 Å². The second kappa shape index (κ2) is 7.68. The highest BCUT2D eigenvalue weighted by Gasteiger charge is 2.14. The normalized spacial score (nSPS) is 15.6. The lowest BCUT2D eigenvalue weighted by molar-refractivity contribution is 0.186. The van der Waals surface area contributed by atoms with Gasteiger partial charge in [0, 0.05) is 26.7 Å². The molecule has 1 aromatic heterocycles. The summed E-state index contributed by atoms with van der Waals surface area (Å²) < 4.78 is 9.68. The number of hydrogen-bond acceptors (Lipinski definition) is 4. The highest BCUT2D eigenvalue weighted by Crippen LogP contribution is 2.22. The van der Waals surface area contributed by atoms with Crippen LogP contribution in [0.1, 0.15) is 12.0 Å². The minimum absolute atomic E-state index is 0.646. The first-order valence-corrected chi connectivity index (χ1v) is 8.27. The van der Waals surface area contributed by atoms with Gasteiger partial charge in [0.2, 0.25) is 0 Å². The zero-order valence-electron chi connectivity index (χ0n) is 13.4. The molecule has 0 saturated carbocycles. The molecule has 0 N–H and O–H groups in total. The molecule has 1 aliphatic rings. The van der Waals surface area contributed by atoms with Crippen LogP contribution in [-0.4, -0.2) is 46.1 Å². The van der Waals surface area contributed by atoms with Gasteiger partial charge in [-0.3, -0.25) is 4.90 Å². The number of rotatable bonds is 6. The lowest BCUT2D eigenvalue weighted by Crippen LogP contribution is -2.31. The molecule has 2 heterocycles. The molecule has 0 aliphatic carbocycles. The van der Waals surface area contributed by atoms with E-state index in [9.17, 15) is 0 Å². The fourth-order valence-electron chi connectivity index (χ4n) is 2.76. The predicted molar refractivity (Wildman–Crippen MR) is 93.5 cm³/mol. The van der Waals surface area contributed by atoms with E-state index in [4.69, 9.17) is 17.0 Å². The van der Waals surface area contributed by atoms with Gasteiger partial charge < -0.3 is 9.30 Å². The average molecular weight is 330 g/mol. The van der Waals surface area contributed by atoms with Crippen LogP contribution in [0.5, 0.6) is 0 Å². The van der Waals surface area contributed by atoms with Crippen molar-refractivity contribution >= 4 is 17.8 Å². The summed E-state index contributed by atoms with van der Waals surface area (Å²) in [6, 6.07) is 10.6. The molecule has 0 bridgehead atoms. The summed E-state index contributed by atoms with van der Waals surface area (Å²) in [7, 11) is 1.69. The van der Waals surface area contributed by atoms with Crippen LogP contribution in [0.25, 0.3) is 5.57 Å². The Hall–Kier alpha value is -1.76. The number of aromatic nitrogens is 3. The lowest BCUT2D eigenvalue weighted by atomic mass is 10.00. The molecule has 0 saturated heterocycles. The minimum atomic E-state index is 0.646. The monoisotopic (exact) mass is 330 g/mol. The van der Waals surface area contributed by atoms with Gasteiger partial charge in [-0.25, -0.2) is 4.68 Å². The molecule has 6 heteroatoms. The first-order valence-electron chi connectivity index (χ1n) is 7.86. The number of methoxy groups -OCH3 is 1. The van der Waals surface area contributed by atoms with Crippen molar-refractivity contribution in [1.82, 2.24) is 19.2 Å². The number of ether oxygens (including phenoxy) is 1. The lowest BCUT2D eigenvalue weighted by Gasteiger charge is -2.26. The van der Waals surface area contributed by atoms with Crippen LogP contribution in [0.15, 0.2) is 42.7 Å². The van der Waals surface area contributed by atoms with Crippen LogP contribution in [0.3, 0.4) is 0 Å².